The van der Waals surface area contributed by atoms with E-state index >= 15 is 0 Å². The van der Waals surface area contributed by atoms with Crippen LogP contribution in [0.3, 0.4) is 0 Å². The second-order valence-corrected chi connectivity index (χ2v) is 9.46. The van der Waals surface area contributed by atoms with E-state index in [-0.39, 0.29) is 0 Å². The Hall–Kier alpha value is -4.82. The highest BCUT2D eigenvalue weighted by Gasteiger charge is 2.12. The summed E-state index contributed by atoms with van der Waals surface area (Å²) in [4.78, 5) is 2.22. The summed E-state index contributed by atoms with van der Waals surface area (Å²) in [7, 11) is 2.11. The van der Waals surface area contributed by atoms with E-state index in [0.29, 0.717) is 0 Å². The summed E-state index contributed by atoms with van der Waals surface area (Å²) in [6, 6.07) is 47.2. The summed E-state index contributed by atoms with van der Waals surface area (Å²) in [6.45, 7) is 0. The van der Waals surface area contributed by atoms with E-state index < -0.39 is 0 Å². The van der Waals surface area contributed by atoms with Crippen molar-refractivity contribution in [3.63, 3.8) is 0 Å². The first kappa shape index (κ1) is 21.5. The van der Waals surface area contributed by atoms with Gasteiger partial charge in [-0.2, -0.15) is 0 Å². The molecule has 1 aromatic heterocycles. The zero-order valence-electron chi connectivity index (χ0n) is 20.6. The normalized spacial score (nSPS) is 11.4. The molecule has 0 aliphatic carbocycles. The van der Waals surface area contributed by atoms with Gasteiger partial charge in [-0.3, -0.25) is 0 Å². The summed E-state index contributed by atoms with van der Waals surface area (Å²) >= 11 is 0. The highest BCUT2D eigenvalue weighted by Crippen LogP contribution is 2.37. The summed E-state index contributed by atoms with van der Waals surface area (Å²) in [5, 5.41) is 4.85. The van der Waals surface area contributed by atoms with Crippen LogP contribution in [0.15, 0.2) is 138 Å². The summed E-state index contributed by atoms with van der Waals surface area (Å²) < 4.78 is 6.25. The number of hydrogen-bond donors (Lipinski definition) is 0. The minimum atomic E-state index is 0.924. The van der Waals surface area contributed by atoms with Crippen LogP contribution >= 0.6 is 0 Å². The minimum absolute atomic E-state index is 0.924. The maximum Gasteiger partial charge on any atom is 0.143 e. The molecule has 0 fully saturated rings. The molecule has 176 valence electrons. The molecule has 0 unspecified atom stereocenters. The van der Waals surface area contributed by atoms with Crippen molar-refractivity contribution in [3.05, 3.63) is 133 Å². The number of anilines is 2. The molecule has 0 bridgehead atoms. The van der Waals surface area contributed by atoms with Crippen molar-refractivity contribution in [1.82, 2.24) is 0 Å². The van der Waals surface area contributed by atoms with Crippen LogP contribution in [0, 0.1) is 0 Å². The Kier molecular flexibility index (Phi) is 5.04. The molecule has 7 aromatic rings. The minimum Gasteiger partial charge on any atom is -0.455 e. The van der Waals surface area contributed by atoms with Crippen LogP contribution in [0.2, 0.25) is 0 Å². The predicted octanol–water partition coefficient (Wildman–Crippen LogP) is 9.84. The molecule has 0 N–H and O–H groups in total. The monoisotopic (exact) mass is 475 g/mol. The van der Waals surface area contributed by atoms with Crippen LogP contribution < -0.4 is 4.90 Å². The van der Waals surface area contributed by atoms with Crippen LogP contribution in [0.1, 0.15) is 0 Å². The van der Waals surface area contributed by atoms with E-state index in [1.165, 1.54) is 21.9 Å². The number of hydrogen-bond acceptors (Lipinski definition) is 2. The van der Waals surface area contributed by atoms with E-state index in [1.54, 1.807) is 0 Å². The van der Waals surface area contributed by atoms with Gasteiger partial charge in [0, 0.05) is 34.8 Å². The smallest absolute Gasteiger partial charge is 0.143 e. The Bertz CT molecular complexity index is 1870. The fourth-order valence-corrected chi connectivity index (χ4v) is 5.33. The van der Waals surface area contributed by atoms with Gasteiger partial charge in [-0.25, -0.2) is 0 Å². The van der Waals surface area contributed by atoms with Gasteiger partial charge in [0.05, 0.1) is 0 Å². The lowest BCUT2D eigenvalue weighted by atomic mass is 9.98. The molecular weight excluding hydrogens is 450 g/mol. The number of furan rings is 1. The van der Waals surface area contributed by atoms with Gasteiger partial charge in [-0.1, -0.05) is 103 Å². The number of benzene rings is 6. The first-order valence-electron chi connectivity index (χ1n) is 12.6. The third kappa shape index (κ3) is 3.66. The van der Waals surface area contributed by atoms with Crippen molar-refractivity contribution in [2.24, 2.45) is 0 Å². The van der Waals surface area contributed by atoms with Gasteiger partial charge in [0.2, 0.25) is 0 Å². The van der Waals surface area contributed by atoms with Crippen LogP contribution in [0.4, 0.5) is 11.4 Å². The van der Waals surface area contributed by atoms with Crippen molar-refractivity contribution in [2.45, 2.75) is 0 Å². The average Bonchev–Trinajstić information content (AvgIpc) is 3.36. The number of para-hydroxylation sites is 2. The van der Waals surface area contributed by atoms with Gasteiger partial charge in [0.1, 0.15) is 11.2 Å². The van der Waals surface area contributed by atoms with Crippen molar-refractivity contribution in [1.29, 1.82) is 0 Å². The third-order valence-electron chi connectivity index (χ3n) is 7.33. The van der Waals surface area contributed by atoms with Crippen molar-refractivity contribution < 1.29 is 4.42 Å². The lowest BCUT2D eigenvalue weighted by Crippen LogP contribution is -2.08. The molecule has 2 nitrogen and oxygen atoms in total. The lowest BCUT2D eigenvalue weighted by molar-refractivity contribution is 0.670. The standard InChI is InChI=1S/C35H25NO/c1-36(27-20-16-25(17-21-27)30-12-6-9-24-8-2-3-10-29(24)30)28-22-18-26(19-23-28)31-13-7-14-33-32-11-4-5-15-34(32)37-35(31)33/h2-23H,1H3. The molecule has 0 spiro atoms. The highest BCUT2D eigenvalue weighted by molar-refractivity contribution is 6.09. The fraction of sp³-hybridized carbons (Fsp3) is 0.0286. The molecule has 0 saturated carbocycles. The van der Waals surface area contributed by atoms with Gasteiger partial charge in [-0.05, 0) is 57.8 Å². The zero-order valence-corrected chi connectivity index (χ0v) is 20.6. The molecule has 37 heavy (non-hydrogen) atoms. The van der Waals surface area contributed by atoms with E-state index in [9.17, 15) is 0 Å². The molecule has 0 radical (unpaired) electrons. The summed E-state index contributed by atoms with van der Waals surface area (Å²) in [5.41, 5.74) is 8.90. The molecule has 1 heterocycles. The van der Waals surface area contributed by atoms with Gasteiger partial charge >= 0.3 is 0 Å². The maximum atomic E-state index is 6.25. The molecule has 0 aliphatic heterocycles. The number of fused-ring (bicyclic) bond motifs is 4. The molecule has 0 saturated heterocycles. The molecular formula is C35H25NO. The van der Waals surface area contributed by atoms with Crippen molar-refractivity contribution in [2.75, 3.05) is 11.9 Å². The average molecular weight is 476 g/mol. The Morgan fingerprint density at radius 3 is 1.76 bits per heavy atom. The topological polar surface area (TPSA) is 16.4 Å². The van der Waals surface area contributed by atoms with Crippen LogP contribution in [0.25, 0.3) is 55.0 Å². The zero-order chi connectivity index (χ0) is 24.8. The second-order valence-electron chi connectivity index (χ2n) is 9.46. The Balaban J connectivity index is 1.19. The van der Waals surface area contributed by atoms with Crippen molar-refractivity contribution >= 4 is 44.1 Å². The first-order valence-corrected chi connectivity index (χ1v) is 12.6. The molecule has 6 aromatic carbocycles. The van der Waals surface area contributed by atoms with Crippen molar-refractivity contribution in [3.8, 4) is 22.3 Å². The SMILES string of the molecule is CN(c1ccc(-c2cccc3ccccc23)cc1)c1ccc(-c2cccc3c2oc2ccccc23)cc1. The molecule has 0 amide bonds. The van der Waals surface area contributed by atoms with Gasteiger partial charge in [0.25, 0.3) is 0 Å². The first-order chi connectivity index (χ1) is 18.3. The molecule has 0 atom stereocenters. The fourth-order valence-electron chi connectivity index (χ4n) is 5.33. The van der Waals surface area contributed by atoms with Gasteiger partial charge in [0.15, 0.2) is 0 Å². The van der Waals surface area contributed by atoms with E-state index in [2.05, 4.69) is 133 Å². The third-order valence-corrected chi connectivity index (χ3v) is 7.33. The quantitative estimate of drug-likeness (QED) is 0.252. The molecule has 0 aliphatic rings. The lowest BCUT2D eigenvalue weighted by Gasteiger charge is -2.20. The Morgan fingerprint density at radius 2 is 1.00 bits per heavy atom. The summed E-state index contributed by atoms with van der Waals surface area (Å²) in [5.74, 6) is 0. The van der Waals surface area contributed by atoms with Crippen LogP contribution in [-0.4, -0.2) is 7.05 Å². The predicted molar refractivity (Wildman–Crippen MR) is 157 cm³/mol. The van der Waals surface area contributed by atoms with E-state index in [0.717, 1.165) is 44.4 Å². The largest absolute Gasteiger partial charge is 0.455 e. The number of rotatable bonds is 4. The Labute approximate surface area is 216 Å². The second kappa shape index (κ2) is 8.69. The van der Waals surface area contributed by atoms with E-state index in [1.807, 2.05) is 12.1 Å². The maximum absolute atomic E-state index is 6.25. The highest BCUT2D eigenvalue weighted by atomic mass is 16.3. The van der Waals surface area contributed by atoms with Crippen LogP contribution in [0.5, 0.6) is 0 Å². The Morgan fingerprint density at radius 1 is 0.459 bits per heavy atom. The van der Waals surface area contributed by atoms with E-state index in [4.69, 9.17) is 4.42 Å². The van der Waals surface area contributed by atoms with Gasteiger partial charge < -0.3 is 9.32 Å². The molecule has 7 rings (SSSR count). The molecule has 2 heteroatoms. The summed E-state index contributed by atoms with van der Waals surface area (Å²) in [6.07, 6.45) is 0. The van der Waals surface area contributed by atoms with Crippen LogP contribution in [-0.2, 0) is 0 Å². The van der Waals surface area contributed by atoms with Gasteiger partial charge in [-0.15, -0.1) is 0 Å². The number of nitrogens with zero attached hydrogens (tertiary/aromatic N) is 1.